The van der Waals surface area contributed by atoms with E-state index in [1.54, 1.807) is 6.33 Å². The van der Waals surface area contributed by atoms with Gasteiger partial charge in [-0.2, -0.15) is 0 Å². The van der Waals surface area contributed by atoms with E-state index >= 15 is 0 Å². The third-order valence-corrected chi connectivity index (χ3v) is 3.80. The van der Waals surface area contributed by atoms with Gasteiger partial charge in [0.1, 0.15) is 6.33 Å². The third kappa shape index (κ3) is 1.82. The molecule has 2 aromatic heterocycles. The standard InChI is InChI=1S/C13H18N4/c1-9-12-11(16-8-15-9)10(7-17(12)2)3-4-13(14)5-6-13/h7-8H,3-6,14H2,1-2H3. The Balaban J connectivity index is 1.96. The highest BCUT2D eigenvalue weighted by Gasteiger charge is 2.37. The van der Waals surface area contributed by atoms with Crippen molar-refractivity contribution in [2.24, 2.45) is 12.8 Å². The molecule has 0 unspecified atom stereocenters. The molecule has 1 fully saturated rings. The molecule has 0 aliphatic heterocycles. The van der Waals surface area contributed by atoms with Crippen LogP contribution in [-0.2, 0) is 13.5 Å². The smallest absolute Gasteiger partial charge is 0.116 e. The Morgan fingerprint density at radius 1 is 1.41 bits per heavy atom. The second-order valence-corrected chi connectivity index (χ2v) is 5.28. The van der Waals surface area contributed by atoms with E-state index in [0.717, 1.165) is 29.6 Å². The Kier molecular flexibility index (Phi) is 2.23. The molecule has 1 aliphatic carbocycles. The molecule has 4 nitrogen and oxygen atoms in total. The fourth-order valence-corrected chi connectivity index (χ4v) is 2.46. The van der Waals surface area contributed by atoms with Crippen LogP contribution in [0.3, 0.4) is 0 Å². The molecule has 17 heavy (non-hydrogen) atoms. The number of aryl methyl sites for hydroxylation is 3. The van der Waals surface area contributed by atoms with Crippen molar-refractivity contribution < 1.29 is 0 Å². The predicted octanol–water partition coefficient (Wildman–Crippen LogP) is 1.70. The van der Waals surface area contributed by atoms with Crippen molar-refractivity contribution in [3.8, 4) is 0 Å². The molecule has 0 spiro atoms. The number of fused-ring (bicyclic) bond motifs is 1. The van der Waals surface area contributed by atoms with Crippen molar-refractivity contribution in [2.75, 3.05) is 0 Å². The highest BCUT2D eigenvalue weighted by Crippen LogP contribution is 2.37. The topological polar surface area (TPSA) is 56.7 Å². The minimum absolute atomic E-state index is 0.115. The predicted molar refractivity (Wildman–Crippen MR) is 67.7 cm³/mol. The van der Waals surface area contributed by atoms with E-state index in [2.05, 4.69) is 27.8 Å². The van der Waals surface area contributed by atoms with Gasteiger partial charge in [-0.05, 0) is 38.2 Å². The lowest BCUT2D eigenvalue weighted by atomic mass is 10.1. The van der Waals surface area contributed by atoms with Crippen LogP contribution in [0.5, 0.6) is 0 Å². The highest BCUT2D eigenvalue weighted by molar-refractivity contribution is 5.81. The molecule has 2 heterocycles. The van der Waals surface area contributed by atoms with Gasteiger partial charge in [0, 0.05) is 18.8 Å². The van der Waals surface area contributed by atoms with Gasteiger partial charge < -0.3 is 10.3 Å². The summed E-state index contributed by atoms with van der Waals surface area (Å²) in [5.74, 6) is 0. The molecular formula is C13H18N4. The molecule has 0 saturated heterocycles. The number of hydrogen-bond donors (Lipinski definition) is 1. The molecule has 4 heteroatoms. The van der Waals surface area contributed by atoms with Gasteiger partial charge in [-0.15, -0.1) is 0 Å². The van der Waals surface area contributed by atoms with Crippen molar-refractivity contribution in [1.29, 1.82) is 0 Å². The van der Waals surface area contributed by atoms with E-state index in [4.69, 9.17) is 5.73 Å². The summed E-state index contributed by atoms with van der Waals surface area (Å²) in [5.41, 5.74) is 10.8. The summed E-state index contributed by atoms with van der Waals surface area (Å²) in [6, 6.07) is 0. The number of aromatic nitrogens is 3. The Labute approximate surface area is 101 Å². The summed E-state index contributed by atoms with van der Waals surface area (Å²) in [6.45, 7) is 2.03. The van der Waals surface area contributed by atoms with Crippen molar-refractivity contribution in [3.63, 3.8) is 0 Å². The molecule has 0 aromatic carbocycles. The first-order chi connectivity index (χ1) is 8.09. The van der Waals surface area contributed by atoms with Gasteiger partial charge in [-0.3, -0.25) is 0 Å². The Hall–Kier alpha value is -1.42. The monoisotopic (exact) mass is 230 g/mol. The lowest BCUT2D eigenvalue weighted by molar-refractivity contribution is 0.609. The molecule has 1 saturated carbocycles. The minimum atomic E-state index is 0.115. The zero-order chi connectivity index (χ0) is 12.0. The maximum Gasteiger partial charge on any atom is 0.116 e. The van der Waals surface area contributed by atoms with Crippen LogP contribution >= 0.6 is 0 Å². The summed E-state index contributed by atoms with van der Waals surface area (Å²) in [5, 5.41) is 0. The van der Waals surface area contributed by atoms with Gasteiger partial charge in [0.2, 0.25) is 0 Å². The SMILES string of the molecule is Cc1ncnc2c(CCC3(N)CC3)cn(C)c12. The van der Waals surface area contributed by atoms with E-state index < -0.39 is 0 Å². The molecule has 0 radical (unpaired) electrons. The zero-order valence-electron chi connectivity index (χ0n) is 10.4. The molecule has 2 N–H and O–H groups in total. The van der Waals surface area contributed by atoms with Crippen LogP contribution in [0.1, 0.15) is 30.5 Å². The summed E-state index contributed by atoms with van der Waals surface area (Å²) in [6.07, 6.45) is 8.24. The maximum atomic E-state index is 6.14. The summed E-state index contributed by atoms with van der Waals surface area (Å²) < 4.78 is 2.12. The van der Waals surface area contributed by atoms with Crippen LogP contribution in [0.2, 0.25) is 0 Å². The molecule has 0 atom stereocenters. The van der Waals surface area contributed by atoms with Gasteiger partial charge >= 0.3 is 0 Å². The van der Waals surface area contributed by atoms with Gasteiger partial charge in [-0.25, -0.2) is 9.97 Å². The van der Waals surface area contributed by atoms with Crippen LogP contribution < -0.4 is 5.73 Å². The van der Waals surface area contributed by atoms with E-state index in [1.807, 2.05) is 6.92 Å². The normalized spacial score (nSPS) is 17.6. The summed E-state index contributed by atoms with van der Waals surface area (Å²) in [7, 11) is 2.05. The Bertz CT molecular complexity index is 566. The average Bonchev–Trinajstić information content (AvgIpc) is 2.93. The lowest BCUT2D eigenvalue weighted by Gasteiger charge is -2.06. The number of hydrogen-bond acceptors (Lipinski definition) is 3. The maximum absolute atomic E-state index is 6.14. The second-order valence-electron chi connectivity index (χ2n) is 5.28. The zero-order valence-corrected chi connectivity index (χ0v) is 10.4. The van der Waals surface area contributed by atoms with Gasteiger partial charge in [0.05, 0.1) is 16.7 Å². The molecule has 2 aromatic rings. The van der Waals surface area contributed by atoms with Gasteiger partial charge in [0.15, 0.2) is 0 Å². The summed E-state index contributed by atoms with van der Waals surface area (Å²) in [4.78, 5) is 8.66. The van der Waals surface area contributed by atoms with Crippen LogP contribution in [0.25, 0.3) is 11.0 Å². The van der Waals surface area contributed by atoms with Crippen LogP contribution in [-0.4, -0.2) is 20.1 Å². The van der Waals surface area contributed by atoms with Crippen molar-refractivity contribution >= 4 is 11.0 Å². The first-order valence-corrected chi connectivity index (χ1v) is 6.13. The van der Waals surface area contributed by atoms with E-state index in [1.165, 1.54) is 18.4 Å². The average molecular weight is 230 g/mol. The molecular weight excluding hydrogens is 212 g/mol. The first-order valence-electron chi connectivity index (χ1n) is 6.13. The fraction of sp³-hybridized carbons (Fsp3) is 0.538. The van der Waals surface area contributed by atoms with Crippen molar-refractivity contribution in [2.45, 2.75) is 38.1 Å². The second kappa shape index (κ2) is 3.53. The lowest BCUT2D eigenvalue weighted by Crippen LogP contribution is -2.22. The molecule has 0 amide bonds. The van der Waals surface area contributed by atoms with Crippen molar-refractivity contribution in [3.05, 3.63) is 23.8 Å². The third-order valence-electron chi connectivity index (χ3n) is 3.80. The first kappa shape index (κ1) is 10.7. The van der Waals surface area contributed by atoms with Crippen LogP contribution in [0.15, 0.2) is 12.5 Å². The number of nitrogens with zero attached hydrogens (tertiary/aromatic N) is 3. The Morgan fingerprint density at radius 2 is 2.18 bits per heavy atom. The van der Waals surface area contributed by atoms with E-state index in [9.17, 15) is 0 Å². The quantitative estimate of drug-likeness (QED) is 0.873. The number of nitrogens with two attached hydrogens (primary N) is 1. The summed E-state index contributed by atoms with van der Waals surface area (Å²) >= 11 is 0. The van der Waals surface area contributed by atoms with Crippen LogP contribution in [0.4, 0.5) is 0 Å². The minimum Gasteiger partial charge on any atom is -0.347 e. The van der Waals surface area contributed by atoms with Gasteiger partial charge in [0.25, 0.3) is 0 Å². The molecule has 0 bridgehead atoms. The van der Waals surface area contributed by atoms with Gasteiger partial charge in [-0.1, -0.05) is 0 Å². The molecule has 90 valence electrons. The van der Waals surface area contributed by atoms with Crippen LogP contribution in [0, 0.1) is 6.92 Å². The molecule has 1 aliphatic rings. The Morgan fingerprint density at radius 3 is 2.88 bits per heavy atom. The van der Waals surface area contributed by atoms with E-state index in [-0.39, 0.29) is 5.54 Å². The van der Waals surface area contributed by atoms with E-state index in [0.29, 0.717) is 0 Å². The highest BCUT2D eigenvalue weighted by atomic mass is 15.0. The molecule has 3 rings (SSSR count). The fourth-order valence-electron chi connectivity index (χ4n) is 2.46. The number of rotatable bonds is 3. The largest absolute Gasteiger partial charge is 0.347 e. The van der Waals surface area contributed by atoms with Crippen molar-refractivity contribution in [1.82, 2.24) is 14.5 Å².